The quantitative estimate of drug-likeness (QED) is 0.929. The Morgan fingerprint density at radius 2 is 2.26 bits per heavy atom. The summed E-state index contributed by atoms with van der Waals surface area (Å²) in [5, 5.41) is 6.41. The predicted molar refractivity (Wildman–Crippen MR) is 75.0 cm³/mol. The molecule has 0 radical (unpaired) electrons. The molecule has 1 aromatic carbocycles. The molecule has 0 amide bonds. The molecular weight excluding hydrogens is 260 g/mol. The molecule has 4 nitrogen and oxygen atoms in total. The number of ether oxygens (including phenoxy) is 2. The molecule has 0 spiro atoms. The monoisotopic (exact) mass is 276 g/mol. The Bertz CT molecular complexity index is 530. The highest BCUT2D eigenvalue weighted by atomic mass is 32.1. The van der Waals surface area contributed by atoms with Crippen LogP contribution in [0.25, 0.3) is 0 Å². The number of thiazole rings is 1. The lowest BCUT2D eigenvalue weighted by Crippen LogP contribution is -2.47. The number of benzene rings is 1. The first-order valence-corrected chi connectivity index (χ1v) is 7.19. The summed E-state index contributed by atoms with van der Waals surface area (Å²) in [7, 11) is 1.95. The minimum absolute atomic E-state index is 0.00352. The molecule has 1 aromatic heterocycles. The van der Waals surface area contributed by atoms with E-state index in [2.05, 4.69) is 10.3 Å². The highest BCUT2D eigenvalue weighted by Crippen LogP contribution is 2.32. The third kappa shape index (κ3) is 2.72. The average molecular weight is 276 g/mol. The van der Waals surface area contributed by atoms with Crippen LogP contribution in [0.4, 0.5) is 0 Å². The maximum absolute atomic E-state index is 6.02. The summed E-state index contributed by atoms with van der Waals surface area (Å²) in [4.78, 5) is 4.33. The van der Waals surface area contributed by atoms with Crippen molar-refractivity contribution in [3.8, 4) is 11.5 Å². The van der Waals surface area contributed by atoms with Crippen LogP contribution in [-0.4, -0.2) is 30.8 Å². The molecule has 100 valence electrons. The number of hydrogen-bond donors (Lipinski definition) is 1. The third-order valence-corrected chi connectivity index (χ3v) is 4.03. The van der Waals surface area contributed by atoms with E-state index in [9.17, 15) is 0 Å². The number of nitrogens with one attached hydrogen (secondary N) is 1. The Balaban J connectivity index is 1.72. The number of nitrogens with zero attached hydrogens (tertiary/aromatic N) is 1. The molecule has 2 aromatic rings. The van der Waals surface area contributed by atoms with Crippen LogP contribution >= 0.6 is 11.3 Å². The minimum Gasteiger partial charge on any atom is -0.486 e. The van der Waals surface area contributed by atoms with E-state index in [0.717, 1.165) is 22.9 Å². The third-order valence-electron chi connectivity index (χ3n) is 3.23. The van der Waals surface area contributed by atoms with E-state index in [1.54, 1.807) is 11.3 Å². The summed E-state index contributed by atoms with van der Waals surface area (Å²) in [6, 6.07) is 7.98. The highest BCUT2D eigenvalue weighted by Gasteiger charge is 2.28. The molecule has 0 saturated carbocycles. The summed E-state index contributed by atoms with van der Waals surface area (Å²) >= 11 is 1.67. The van der Waals surface area contributed by atoms with Gasteiger partial charge in [-0.2, -0.15) is 0 Å². The second-order valence-electron chi connectivity index (χ2n) is 4.44. The molecule has 3 rings (SSSR count). The molecule has 2 unspecified atom stereocenters. The minimum atomic E-state index is 0.00352. The van der Waals surface area contributed by atoms with Crippen molar-refractivity contribution in [2.24, 2.45) is 0 Å². The molecule has 19 heavy (non-hydrogen) atoms. The van der Waals surface area contributed by atoms with Crippen molar-refractivity contribution in [2.45, 2.75) is 18.6 Å². The van der Waals surface area contributed by atoms with Crippen molar-refractivity contribution in [3.05, 3.63) is 40.8 Å². The van der Waals surface area contributed by atoms with Gasteiger partial charge in [0.2, 0.25) is 0 Å². The second kappa shape index (κ2) is 5.59. The number of aromatic nitrogens is 1. The molecule has 0 saturated heterocycles. The van der Waals surface area contributed by atoms with Gasteiger partial charge >= 0.3 is 0 Å². The number of likely N-dealkylation sites (N-methyl/N-ethyl adjacent to an activating group) is 1. The summed E-state index contributed by atoms with van der Waals surface area (Å²) in [6.45, 7) is 0.563. The van der Waals surface area contributed by atoms with Gasteiger partial charge in [0.15, 0.2) is 11.5 Å². The van der Waals surface area contributed by atoms with E-state index in [4.69, 9.17) is 9.47 Å². The number of para-hydroxylation sites is 2. The standard InChI is InChI=1S/C14H16N2O2S/c1-15-10(8-14-16-6-7-19-14)13-9-17-11-4-2-3-5-12(11)18-13/h2-7,10,13,15H,8-9H2,1H3. The Labute approximate surface area is 116 Å². The average Bonchev–Trinajstić information content (AvgIpc) is 2.97. The molecule has 1 aliphatic heterocycles. The van der Waals surface area contributed by atoms with E-state index in [1.807, 2.05) is 42.9 Å². The largest absolute Gasteiger partial charge is 0.486 e. The number of rotatable bonds is 4. The lowest BCUT2D eigenvalue weighted by Gasteiger charge is -2.31. The van der Waals surface area contributed by atoms with Crippen molar-refractivity contribution in [3.63, 3.8) is 0 Å². The van der Waals surface area contributed by atoms with Gasteiger partial charge in [-0.15, -0.1) is 11.3 Å². The molecule has 0 bridgehead atoms. The van der Waals surface area contributed by atoms with E-state index < -0.39 is 0 Å². The van der Waals surface area contributed by atoms with Gasteiger partial charge in [-0.3, -0.25) is 0 Å². The molecule has 2 atom stereocenters. The maximum Gasteiger partial charge on any atom is 0.161 e. The van der Waals surface area contributed by atoms with E-state index in [1.165, 1.54) is 0 Å². The molecule has 0 aliphatic carbocycles. The van der Waals surface area contributed by atoms with Crippen LogP contribution in [-0.2, 0) is 6.42 Å². The van der Waals surface area contributed by atoms with Gasteiger partial charge in [0.1, 0.15) is 12.7 Å². The molecule has 2 heterocycles. The summed E-state index contributed by atoms with van der Waals surface area (Å²) in [5.41, 5.74) is 0. The zero-order chi connectivity index (χ0) is 13.1. The first-order valence-electron chi connectivity index (χ1n) is 6.31. The Hall–Kier alpha value is -1.59. The fraction of sp³-hybridized carbons (Fsp3) is 0.357. The van der Waals surface area contributed by atoms with Gasteiger partial charge in [-0.05, 0) is 19.2 Å². The first kappa shape index (κ1) is 12.4. The predicted octanol–water partition coefficient (Wildman–Crippen LogP) is 2.11. The van der Waals surface area contributed by atoms with Crippen LogP contribution in [0.3, 0.4) is 0 Å². The normalized spacial score (nSPS) is 19.1. The van der Waals surface area contributed by atoms with E-state index >= 15 is 0 Å². The lowest BCUT2D eigenvalue weighted by atomic mass is 10.1. The topological polar surface area (TPSA) is 43.4 Å². The SMILES string of the molecule is CNC(Cc1nccs1)C1COc2ccccc2O1. The Kier molecular flexibility index (Phi) is 3.66. The zero-order valence-electron chi connectivity index (χ0n) is 10.7. The van der Waals surface area contributed by atoms with Crippen molar-refractivity contribution < 1.29 is 9.47 Å². The van der Waals surface area contributed by atoms with Crippen LogP contribution in [0.15, 0.2) is 35.8 Å². The van der Waals surface area contributed by atoms with Gasteiger partial charge in [0.05, 0.1) is 11.0 Å². The molecule has 5 heteroatoms. The van der Waals surface area contributed by atoms with Gasteiger partial charge in [-0.1, -0.05) is 12.1 Å². The van der Waals surface area contributed by atoms with Gasteiger partial charge < -0.3 is 14.8 Å². The van der Waals surface area contributed by atoms with Crippen molar-refractivity contribution in [1.82, 2.24) is 10.3 Å². The molecule has 1 aliphatic rings. The van der Waals surface area contributed by atoms with Gasteiger partial charge in [-0.25, -0.2) is 4.98 Å². The summed E-state index contributed by atoms with van der Waals surface area (Å²) in [5.74, 6) is 1.64. The van der Waals surface area contributed by atoms with Crippen molar-refractivity contribution in [1.29, 1.82) is 0 Å². The van der Waals surface area contributed by atoms with Crippen LogP contribution in [0.5, 0.6) is 11.5 Å². The molecular formula is C14H16N2O2S. The Morgan fingerprint density at radius 1 is 1.42 bits per heavy atom. The van der Waals surface area contributed by atoms with Gasteiger partial charge in [0.25, 0.3) is 0 Å². The van der Waals surface area contributed by atoms with Crippen molar-refractivity contribution in [2.75, 3.05) is 13.7 Å². The summed E-state index contributed by atoms with van der Waals surface area (Å²) in [6.07, 6.45) is 2.69. The smallest absolute Gasteiger partial charge is 0.161 e. The fourth-order valence-electron chi connectivity index (χ4n) is 2.20. The first-order chi connectivity index (χ1) is 9.36. The van der Waals surface area contributed by atoms with Crippen LogP contribution in [0, 0.1) is 0 Å². The van der Waals surface area contributed by atoms with Crippen LogP contribution in [0.1, 0.15) is 5.01 Å². The fourth-order valence-corrected chi connectivity index (χ4v) is 2.87. The number of fused-ring (bicyclic) bond motifs is 1. The zero-order valence-corrected chi connectivity index (χ0v) is 11.5. The number of hydrogen-bond acceptors (Lipinski definition) is 5. The summed E-state index contributed by atoms with van der Waals surface area (Å²) < 4.78 is 11.8. The van der Waals surface area contributed by atoms with Gasteiger partial charge in [0, 0.05) is 18.0 Å². The lowest BCUT2D eigenvalue weighted by molar-refractivity contribution is 0.0640. The molecule has 1 N–H and O–H groups in total. The maximum atomic E-state index is 6.02. The highest BCUT2D eigenvalue weighted by molar-refractivity contribution is 7.09. The van der Waals surface area contributed by atoms with E-state index in [-0.39, 0.29) is 12.1 Å². The molecule has 0 fully saturated rings. The second-order valence-corrected chi connectivity index (χ2v) is 5.42. The van der Waals surface area contributed by atoms with Crippen molar-refractivity contribution >= 4 is 11.3 Å². The van der Waals surface area contributed by atoms with Crippen LogP contribution in [0.2, 0.25) is 0 Å². The van der Waals surface area contributed by atoms with Crippen LogP contribution < -0.4 is 14.8 Å². The van der Waals surface area contributed by atoms with E-state index in [0.29, 0.717) is 6.61 Å². The Morgan fingerprint density at radius 3 is 3.00 bits per heavy atom.